The van der Waals surface area contributed by atoms with Crippen LogP contribution in [-0.2, 0) is 0 Å². The van der Waals surface area contributed by atoms with Crippen LogP contribution in [0.2, 0.25) is 0 Å². The highest BCUT2D eigenvalue weighted by Crippen LogP contribution is 2.31. The van der Waals surface area contributed by atoms with Gasteiger partial charge in [-0.3, -0.25) is 0 Å². The fourth-order valence-electron chi connectivity index (χ4n) is 2.92. The molecule has 0 saturated carbocycles. The largest absolute Gasteiger partial charge is 0.369 e. The van der Waals surface area contributed by atoms with Gasteiger partial charge in [0, 0.05) is 30.9 Å². The molecule has 2 nitrogen and oxygen atoms in total. The number of para-hydroxylation sites is 1. The fourth-order valence-corrected chi connectivity index (χ4v) is 2.92. The van der Waals surface area contributed by atoms with E-state index in [1.165, 1.54) is 16.8 Å². The molecule has 1 heterocycles. The van der Waals surface area contributed by atoms with E-state index in [-0.39, 0.29) is 0 Å². The van der Waals surface area contributed by atoms with Crippen molar-refractivity contribution in [3.63, 3.8) is 0 Å². The van der Waals surface area contributed by atoms with Crippen LogP contribution in [0.25, 0.3) is 11.1 Å². The van der Waals surface area contributed by atoms with Gasteiger partial charge in [0.2, 0.25) is 0 Å². The topological polar surface area (TPSA) is 15.3 Å². The van der Waals surface area contributed by atoms with Gasteiger partial charge in [-0.25, -0.2) is 0 Å². The van der Waals surface area contributed by atoms with Gasteiger partial charge in [0.05, 0.1) is 0 Å². The third kappa shape index (κ3) is 2.86. The van der Waals surface area contributed by atoms with Crippen molar-refractivity contribution < 1.29 is 0 Å². The van der Waals surface area contributed by atoms with Crippen molar-refractivity contribution in [2.75, 3.05) is 31.1 Å². The van der Waals surface area contributed by atoms with Gasteiger partial charge in [0.1, 0.15) is 0 Å². The molecule has 1 atom stereocenters. The summed E-state index contributed by atoms with van der Waals surface area (Å²) in [6.07, 6.45) is 0. The maximum Gasteiger partial charge on any atom is 0.0446 e. The molecule has 0 radical (unpaired) electrons. The Kier molecular flexibility index (Phi) is 4.03. The maximum atomic E-state index is 3.51. The maximum absolute atomic E-state index is 3.51. The van der Waals surface area contributed by atoms with Crippen LogP contribution in [-0.4, -0.2) is 26.2 Å². The quantitative estimate of drug-likeness (QED) is 0.896. The summed E-state index contributed by atoms with van der Waals surface area (Å²) in [6.45, 7) is 6.69. The van der Waals surface area contributed by atoms with Crippen molar-refractivity contribution in [3.05, 3.63) is 54.6 Å². The van der Waals surface area contributed by atoms with Crippen molar-refractivity contribution in [1.29, 1.82) is 0 Å². The summed E-state index contributed by atoms with van der Waals surface area (Å²) in [7, 11) is 0. The molecule has 3 rings (SSSR count). The number of nitrogens with one attached hydrogen (secondary N) is 1. The lowest BCUT2D eigenvalue weighted by molar-refractivity contribution is 0.564. The predicted molar refractivity (Wildman–Crippen MR) is 86.1 cm³/mol. The van der Waals surface area contributed by atoms with E-state index in [2.05, 4.69) is 71.7 Å². The monoisotopic (exact) mass is 266 g/mol. The van der Waals surface area contributed by atoms with Crippen LogP contribution in [0.3, 0.4) is 0 Å². The molecule has 1 fully saturated rings. The number of hydrogen-bond acceptors (Lipinski definition) is 2. The van der Waals surface area contributed by atoms with Crippen molar-refractivity contribution >= 4 is 5.69 Å². The zero-order valence-electron chi connectivity index (χ0n) is 12.0. The van der Waals surface area contributed by atoms with Crippen LogP contribution in [0.5, 0.6) is 0 Å². The molecule has 1 aliphatic heterocycles. The Morgan fingerprint density at radius 2 is 1.75 bits per heavy atom. The van der Waals surface area contributed by atoms with E-state index in [1.807, 2.05) is 0 Å². The summed E-state index contributed by atoms with van der Waals surface area (Å²) in [6, 6.07) is 19.4. The summed E-state index contributed by atoms with van der Waals surface area (Å²) in [5, 5.41) is 3.51. The zero-order chi connectivity index (χ0) is 13.8. The molecular formula is C18H22N2. The van der Waals surface area contributed by atoms with Crippen LogP contribution in [0, 0.1) is 5.92 Å². The van der Waals surface area contributed by atoms with E-state index < -0.39 is 0 Å². The Labute approximate surface area is 121 Å². The van der Waals surface area contributed by atoms with Gasteiger partial charge in [-0.05, 0) is 24.1 Å². The summed E-state index contributed by atoms with van der Waals surface area (Å²) < 4.78 is 0. The third-order valence-corrected chi connectivity index (χ3v) is 3.91. The van der Waals surface area contributed by atoms with Crippen LogP contribution >= 0.6 is 0 Å². The van der Waals surface area contributed by atoms with Crippen LogP contribution in [0.15, 0.2) is 54.6 Å². The average molecular weight is 266 g/mol. The van der Waals surface area contributed by atoms with Crippen molar-refractivity contribution in [2.45, 2.75) is 6.92 Å². The molecule has 2 aromatic rings. The molecule has 1 unspecified atom stereocenters. The molecule has 0 spiro atoms. The van der Waals surface area contributed by atoms with E-state index in [9.17, 15) is 0 Å². The fraction of sp³-hybridized carbons (Fsp3) is 0.333. The van der Waals surface area contributed by atoms with Gasteiger partial charge in [0.25, 0.3) is 0 Å². The molecule has 1 saturated heterocycles. The average Bonchev–Trinajstić information content (AvgIpc) is 2.73. The van der Waals surface area contributed by atoms with Crippen molar-refractivity contribution in [3.8, 4) is 11.1 Å². The normalized spacial score (nSPS) is 19.6. The van der Waals surface area contributed by atoms with Gasteiger partial charge < -0.3 is 10.2 Å². The van der Waals surface area contributed by atoms with Gasteiger partial charge in [-0.15, -0.1) is 0 Å². The minimum Gasteiger partial charge on any atom is -0.369 e. The SMILES string of the molecule is CC1CNCCN(c2ccccc2-c2ccccc2)C1. The highest BCUT2D eigenvalue weighted by atomic mass is 15.2. The van der Waals surface area contributed by atoms with Crippen LogP contribution in [0.1, 0.15) is 6.92 Å². The Balaban J connectivity index is 1.97. The smallest absolute Gasteiger partial charge is 0.0446 e. The van der Waals surface area contributed by atoms with Crippen LogP contribution in [0.4, 0.5) is 5.69 Å². The molecule has 104 valence electrons. The van der Waals surface area contributed by atoms with E-state index >= 15 is 0 Å². The lowest BCUT2D eigenvalue weighted by atomic mass is 10.0. The number of anilines is 1. The molecule has 1 aliphatic rings. The zero-order valence-corrected chi connectivity index (χ0v) is 12.0. The number of benzene rings is 2. The van der Waals surface area contributed by atoms with Gasteiger partial charge in [-0.2, -0.15) is 0 Å². The number of hydrogen-bond donors (Lipinski definition) is 1. The molecule has 0 aromatic heterocycles. The molecule has 0 bridgehead atoms. The van der Waals surface area contributed by atoms with E-state index in [1.54, 1.807) is 0 Å². The Hall–Kier alpha value is -1.80. The molecule has 0 amide bonds. The highest BCUT2D eigenvalue weighted by Gasteiger charge is 2.17. The molecular weight excluding hydrogens is 244 g/mol. The lowest BCUT2D eigenvalue weighted by Crippen LogP contribution is -2.29. The second kappa shape index (κ2) is 6.10. The van der Waals surface area contributed by atoms with Crippen LogP contribution < -0.4 is 10.2 Å². The number of nitrogens with zero attached hydrogens (tertiary/aromatic N) is 1. The second-order valence-corrected chi connectivity index (χ2v) is 5.64. The summed E-state index contributed by atoms with van der Waals surface area (Å²) in [5.41, 5.74) is 3.99. The van der Waals surface area contributed by atoms with Crippen molar-refractivity contribution in [2.24, 2.45) is 5.92 Å². The first-order valence-corrected chi connectivity index (χ1v) is 7.45. The highest BCUT2D eigenvalue weighted by molar-refractivity contribution is 5.78. The Bertz CT molecular complexity index is 550. The van der Waals surface area contributed by atoms with E-state index in [4.69, 9.17) is 0 Å². The first-order chi connectivity index (χ1) is 9.84. The molecule has 0 aliphatic carbocycles. The summed E-state index contributed by atoms with van der Waals surface area (Å²) in [4.78, 5) is 2.52. The molecule has 20 heavy (non-hydrogen) atoms. The first-order valence-electron chi connectivity index (χ1n) is 7.45. The molecule has 2 heteroatoms. The van der Waals surface area contributed by atoms with Gasteiger partial charge in [-0.1, -0.05) is 55.5 Å². The standard InChI is InChI=1S/C18H22N2/c1-15-13-19-11-12-20(14-15)18-10-6-5-9-17(18)16-7-3-2-4-8-16/h2-10,15,19H,11-14H2,1H3. The first kappa shape index (κ1) is 13.2. The lowest BCUT2D eigenvalue weighted by Gasteiger charge is -2.27. The number of rotatable bonds is 2. The minimum atomic E-state index is 0.682. The summed E-state index contributed by atoms with van der Waals surface area (Å²) >= 11 is 0. The van der Waals surface area contributed by atoms with Gasteiger partial charge >= 0.3 is 0 Å². The second-order valence-electron chi connectivity index (χ2n) is 5.64. The Morgan fingerprint density at radius 3 is 2.60 bits per heavy atom. The Morgan fingerprint density at radius 1 is 1.00 bits per heavy atom. The van der Waals surface area contributed by atoms with Crippen molar-refractivity contribution in [1.82, 2.24) is 5.32 Å². The van der Waals surface area contributed by atoms with Gasteiger partial charge in [0.15, 0.2) is 0 Å². The summed E-state index contributed by atoms with van der Waals surface area (Å²) in [5.74, 6) is 0.682. The minimum absolute atomic E-state index is 0.682. The predicted octanol–water partition coefficient (Wildman–Crippen LogP) is 3.40. The van der Waals surface area contributed by atoms with E-state index in [0.29, 0.717) is 5.92 Å². The molecule has 2 aromatic carbocycles. The third-order valence-electron chi connectivity index (χ3n) is 3.91. The molecule has 1 N–H and O–H groups in total. The van der Waals surface area contributed by atoms with E-state index in [0.717, 1.165) is 26.2 Å².